The number of methoxy groups -OCH3 is 1. The molecule has 1 aromatic carbocycles. The Hall–Kier alpha value is -1.44. The van der Waals surface area contributed by atoms with Crippen molar-refractivity contribution in [1.82, 2.24) is 9.71 Å². The molecule has 32 heavy (non-hydrogen) atoms. The molecule has 2 fully saturated rings. The van der Waals surface area contributed by atoms with Gasteiger partial charge in [0.25, 0.3) is 0 Å². The zero-order chi connectivity index (χ0) is 22.3. The summed E-state index contributed by atoms with van der Waals surface area (Å²) < 4.78 is 22.0. The monoisotopic (exact) mass is 475 g/mol. The van der Waals surface area contributed by atoms with Crippen LogP contribution in [0, 0.1) is 12.8 Å². The molecule has 1 unspecified atom stereocenters. The number of aryl methyl sites for hydroxylation is 1. The Labute approximate surface area is 199 Å². The molecule has 2 aliphatic carbocycles. The van der Waals surface area contributed by atoms with Gasteiger partial charge in [0.1, 0.15) is 16.7 Å². The van der Waals surface area contributed by atoms with Crippen molar-refractivity contribution < 1.29 is 8.95 Å². The van der Waals surface area contributed by atoms with E-state index >= 15 is 0 Å². The normalized spacial score (nSPS) is 19.1. The van der Waals surface area contributed by atoms with Gasteiger partial charge in [-0.05, 0) is 55.9 Å². The zero-order valence-electron chi connectivity index (χ0n) is 19.5. The van der Waals surface area contributed by atoms with Gasteiger partial charge in [-0.1, -0.05) is 62.7 Å². The van der Waals surface area contributed by atoms with E-state index in [9.17, 15) is 4.21 Å². The SMILES string of the molecule is COc1ccc(-c2sc(NCCC3CCCCC3)nc2C)cc1S(=O)NC1CCCCC1. The highest BCUT2D eigenvalue weighted by atomic mass is 32.2. The summed E-state index contributed by atoms with van der Waals surface area (Å²) in [5.74, 6) is 1.54. The lowest BCUT2D eigenvalue weighted by molar-refractivity contribution is 0.345. The fourth-order valence-electron chi connectivity index (χ4n) is 5.00. The molecule has 1 heterocycles. The molecular formula is C25H37N3O2S2. The van der Waals surface area contributed by atoms with E-state index in [1.165, 1.54) is 57.8 Å². The van der Waals surface area contributed by atoms with Crippen LogP contribution in [0.3, 0.4) is 0 Å². The van der Waals surface area contributed by atoms with Gasteiger partial charge in [0.05, 0.1) is 22.6 Å². The third kappa shape index (κ3) is 6.12. The fraction of sp³-hybridized carbons (Fsp3) is 0.640. The summed E-state index contributed by atoms with van der Waals surface area (Å²) in [6, 6.07) is 6.31. The van der Waals surface area contributed by atoms with E-state index in [1.54, 1.807) is 18.4 Å². The molecule has 1 atom stereocenters. The number of aromatic nitrogens is 1. The molecule has 0 saturated heterocycles. The summed E-state index contributed by atoms with van der Waals surface area (Å²) in [6.45, 7) is 3.04. The molecule has 176 valence electrons. The van der Waals surface area contributed by atoms with Crippen molar-refractivity contribution in [2.45, 2.75) is 88.5 Å². The molecule has 2 aromatic rings. The van der Waals surface area contributed by atoms with Crippen LogP contribution in [0.25, 0.3) is 10.4 Å². The largest absolute Gasteiger partial charge is 0.495 e. The molecule has 7 heteroatoms. The number of benzene rings is 1. The highest BCUT2D eigenvalue weighted by Gasteiger charge is 2.20. The first-order valence-electron chi connectivity index (χ1n) is 12.2. The Morgan fingerprint density at radius 1 is 1.09 bits per heavy atom. The van der Waals surface area contributed by atoms with E-state index in [2.05, 4.69) is 17.0 Å². The minimum atomic E-state index is -1.29. The van der Waals surface area contributed by atoms with Gasteiger partial charge in [-0.25, -0.2) is 13.9 Å². The van der Waals surface area contributed by atoms with Gasteiger partial charge in [-0.3, -0.25) is 0 Å². The van der Waals surface area contributed by atoms with Crippen LogP contribution < -0.4 is 14.8 Å². The standard InChI is InChI=1S/C25H37N3O2S2/c1-18-24(31-25(27-18)26-16-15-19-9-5-3-6-10-19)20-13-14-22(30-2)23(17-20)32(29)28-21-11-7-4-8-12-21/h13-14,17,19,21,28H,3-12,15-16H2,1-2H3,(H,26,27). The Balaban J connectivity index is 1.44. The molecule has 0 spiro atoms. The maximum absolute atomic E-state index is 13.2. The third-order valence-electron chi connectivity index (χ3n) is 6.85. The van der Waals surface area contributed by atoms with Crippen molar-refractivity contribution >= 4 is 27.5 Å². The van der Waals surface area contributed by atoms with Gasteiger partial charge >= 0.3 is 0 Å². The maximum Gasteiger partial charge on any atom is 0.183 e. The smallest absolute Gasteiger partial charge is 0.183 e. The van der Waals surface area contributed by atoms with E-state index in [0.717, 1.165) is 51.5 Å². The molecule has 0 aliphatic heterocycles. The molecule has 0 radical (unpaired) electrons. The Morgan fingerprint density at radius 3 is 2.53 bits per heavy atom. The summed E-state index contributed by atoms with van der Waals surface area (Å²) in [5, 5.41) is 4.53. The van der Waals surface area contributed by atoms with Crippen molar-refractivity contribution in [2.75, 3.05) is 19.0 Å². The topological polar surface area (TPSA) is 63.2 Å². The van der Waals surface area contributed by atoms with Crippen LogP contribution in [-0.2, 0) is 11.0 Å². The van der Waals surface area contributed by atoms with Crippen LogP contribution in [0.1, 0.15) is 76.3 Å². The second-order valence-corrected chi connectivity index (χ2v) is 11.5. The van der Waals surface area contributed by atoms with Gasteiger partial charge in [0.2, 0.25) is 0 Å². The van der Waals surface area contributed by atoms with Gasteiger partial charge in [-0.2, -0.15) is 0 Å². The second-order valence-electron chi connectivity index (χ2n) is 9.24. The number of rotatable bonds is 9. The van der Waals surface area contributed by atoms with E-state index < -0.39 is 11.0 Å². The predicted octanol–water partition coefficient (Wildman–Crippen LogP) is 6.45. The van der Waals surface area contributed by atoms with Crippen molar-refractivity contribution in [3.63, 3.8) is 0 Å². The van der Waals surface area contributed by atoms with E-state index in [0.29, 0.717) is 11.8 Å². The van der Waals surface area contributed by atoms with Crippen LogP contribution in [0.2, 0.25) is 0 Å². The van der Waals surface area contributed by atoms with Gasteiger partial charge in [0.15, 0.2) is 5.13 Å². The summed E-state index contributed by atoms with van der Waals surface area (Å²) in [7, 11) is 0.351. The molecule has 0 bridgehead atoms. The van der Waals surface area contributed by atoms with Crippen LogP contribution in [0.15, 0.2) is 23.1 Å². The molecule has 2 N–H and O–H groups in total. The van der Waals surface area contributed by atoms with Crippen LogP contribution in [0.5, 0.6) is 5.75 Å². The van der Waals surface area contributed by atoms with Crippen molar-refractivity contribution in [1.29, 1.82) is 0 Å². The molecule has 1 aromatic heterocycles. The van der Waals surface area contributed by atoms with Crippen molar-refractivity contribution in [3.05, 3.63) is 23.9 Å². The fourth-order valence-corrected chi connectivity index (χ4v) is 7.22. The summed E-state index contributed by atoms with van der Waals surface area (Å²) in [6.07, 6.45) is 14.1. The molecule has 0 amide bonds. The molecule has 2 aliphatic rings. The lowest BCUT2D eigenvalue weighted by Crippen LogP contribution is -2.32. The van der Waals surface area contributed by atoms with Crippen LogP contribution >= 0.6 is 11.3 Å². The summed E-state index contributed by atoms with van der Waals surface area (Å²) in [5.41, 5.74) is 2.06. The number of ether oxygens (including phenoxy) is 1. The van der Waals surface area contributed by atoms with Gasteiger partial charge in [-0.15, -0.1) is 0 Å². The number of thiazole rings is 1. The quantitative estimate of drug-likeness (QED) is 0.437. The average Bonchev–Trinajstić information content (AvgIpc) is 3.20. The maximum atomic E-state index is 13.2. The van der Waals surface area contributed by atoms with Gasteiger partial charge in [0, 0.05) is 12.6 Å². The number of hydrogen-bond acceptors (Lipinski definition) is 5. The Kier molecular flexibility index (Phi) is 8.61. The first-order valence-corrected chi connectivity index (χ1v) is 14.2. The number of nitrogens with zero attached hydrogens (tertiary/aromatic N) is 1. The van der Waals surface area contributed by atoms with Crippen molar-refractivity contribution in [3.8, 4) is 16.2 Å². The molecule has 4 rings (SSSR count). The first-order chi connectivity index (χ1) is 15.6. The van der Waals surface area contributed by atoms with E-state index in [1.807, 2.05) is 18.2 Å². The van der Waals surface area contributed by atoms with Gasteiger partial charge < -0.3 is 10.1 Å². The summed E-state index contributed by atoms with van der Waals surface area (Å²) >= 11 is 1.69. The molecular weight excluding hydrogens is 438 g/mol. The Morgan fingerprint density at radius 2 is 1.81 bits per heavy atom. The lowest BCUT2D eigenvalue weighted by atomic mass is 9.87. The predicted molar refractivity (Wildman–Crippen MR) is 135 cm³/mol. The van der Waals surface area contributed by atoms with Crippen LogP contribution in [-0.4, -0.2) is 28.9 Å². The summed E-state index contributed by atoms with van der Waals surface area (Å²) in [4.78, 5) is 6.61. The minimum Gasteiger partial charge on any atom is -0.495 e. The Bertz CT molecular complexity index is 903. The van der Waals surface area contributed by atoms with Crippen molar-refractivity contribution in [2.24, 2.45) is 5.92 Å². The first kappa shape index (κ1) is 23.7. The number of anilines is 1. The minimum absolute atomic E-state index is 0.322. The number of nitrogens with one attached hydrogen (secondary N) is 2. The third-order valence-corrected chi connectivity index (χ3v) is 9.28. The second kappa shape index (κ2) is 11.6. The zero-order valence-corrected chi connectivity index (χ0v) is 21.1. The number of hydrogen-bond donors (Lipinski definition) is 2. The van der Waals surface area contributed by atoms with E-state index in [-0.39, 0.29) is 0 Å². The highest BCUT2D eigenvalue weighted by Crippen LogP contribution is 2.36. The van der Waals surface area contributed by atoms with E-state index in [4.69, 9.17) is 9.72 Å². The molecule has 5 nitrogen and oxygen atoms in total. The molecule has 2 saturated carbocycles. The average molecular weight is 476 g/mol. The highest BCUT2D eigenvalue weighted by molar-refractivity contribution is 7.83. The van der Waals surface area contributed by atoms with Crippen LogP contribution in [0.4, 0.5) is 5.13 Å². The lowest BCUT2D eigenvalue weighted by Gasteiger charge is -2.22.